The Kier molecular flexibility index (Phi) is 4.64. The zero-order valence-corrected chi connectivity index (χ0v) is 15.4. The Morgan fingerprint density at radius 1 is 1.19 bits per heavy atom. The average molecular weight is 368 g/mol. The molecule has 4 rings (SSSR count). The molecule has 1 aromatic heterocycles. The SMILES string of the molecule is CC1CC1c1ccc(CN(C(=O)c2ccc(OCC(N)=O)cc2)C2CC2)o1. The van der Waals surface area contributed by atoms with E-state index in [0.717, 1.165) is 24.4 Å². The number of amides is 2. The molecule has 142 valence electrons. The van der Waals surface area contributed by atoms with E-state index in [0.29, 0.717) is 29.7 Å². The zero-order valence-electron chi connectivity index (χ0n) is 15.4. The van der Waals surface area contributed by atoms with Gasteiger partial charge in [-0.2, -0.15) is 0 Å². The molecule has 2 atom stereocenters. The van der Waals surface area contributed by atoms with Gasteiger partial charge in [-0.25, -0.2) is 0 Å². The van der Waals surface area contributed by atoms with Crippen molar-refractivity contribution in [3.8, 4) is 5.75 Å². The van der Waals surface area contributed by atoms with E-state index in [-0.39, 0.29) is 18.6 Å². The minimum absolute atomic E-state index is 0.0170. The molecule has 2 saturated carbocycles. The second-order valence-corrected chi connectivity index (χ2v) is 7.57. The van der Waals surface area contributed by atoms with E-state index in [2.05, 4.69) is 6.92 Å². The number of nitrogens with zero attached hydrogens (tertiary/aromatic N) is 1. The van der Waals surface area contributed by atoms with Crippen molar-refractivity contribution in [2.75, 3.05) is 6.61 Å². The van der Waals surface area contributed by atoms with Crippen LogP contribution < -0.4 is 10.5 Å². The van der Waals surface area contributed by atoms with Gasteiger partial charge in [0.15, 0.2) is 6.61 Å². The lowest BCUT2D eigenvalue weighted by Crippen LogP contribution is -2.32. The van der Waals surface area contributed by atoms with Gasteiger partial charge in [-0.15, -0.1) is 0 Å². The summed E-state index contributed by atoms with van der Waals surface area (Å²) in [6.07, 6.45) is 3.24. The molecule has 2 aliphatic rings. The first-order valence-electron chi connectivity index (χ1n) is 9.42. The second kappa shape index (κ2) is 7.10. The van der Waals surface area contributed by atoms with Crippen molar-refractivity contribution in [2.45, 2.75) is 44.7 Å². The van der Waals surface area contributed by atoms with Crippen molar-refractivity contribution in [1.29, 1.82) is 0 Å². The molecule has 1 aromatic carbocycles. The molecular formula is C21H24N2O4. The summed E-state index contributed by atoms with van der Waals surface area (Å²) in [7, 11) is 0. The summed E-state index contributed by atoms with van der Waals surface area (Å²) in [5.74, 6) is 3.07. The summed E-state index contributed by atoms with van der Waals surface area (Å²) in [6.45, 7) is 2.54. The molecule has 6 nitrogen and oxygen atoms in total. The number of carbonyl (C=O) groups excluding carboxylic acids is 2. The van der Waals surface area contributed by atoms with E-state index in [1.54, 1.807) is 24.3 Å². The van der Waals surface area contributed by atoms with Gasteiger partial charge in [0.2, 0.25) is 0 Å². The summed E-state index contributed by atoms with van der Waals surface area (Å²) in [4.78, 5) is 25.7. The van der Waals surface area contributed by atoms with Crippen LogP contribution in [-0.2, 0) is 11.3 Å². The highest BCUT2D eigenvalue weighted by molar-refractivity contribution is 5.94. The van der Waals surface area contributed by atoms with Crippen molar-refractivity contribution in [3.05, 3.63) is 53.5 Å². The maximum atomic E-state index is 13.0. The van der Waals surface area contributed by atoms with Gasteiger partial charge in [0.1, 0.15) is 17.3 Å². The summed E-state index contributed by atoms with van der Waals surface area (Å²) >= 11 is 0. The summed E-state index contributed by atoms with van der Waals surface area (Å²) in [5, 5.41) is 0. The number of nitrogens with two attached hydrogens (primary N) is 1. The molecule has 2 unspecified atom stereocenters. The summed E-state index contributed by atoms with van der Waals surface area (Å²) < 4.78 is 11.2. The number of furan rings is 1. The standard InChI is InChI=1S/C21H24N2O4/c1-13-10-18(13)19-9-8-17(27-19)11-23(15-4-5-15)21(25)14-2-6-16(7-3-14)26-12-20(22)24/h2-3,6-9,13,15,18H,4-5,10-12H2,1H3,(H2,22,24). The Morgan fingerprint density at radius 3 is 2.48 bits per heavy atom. The van der Waals surface area contributed by atoms with Gasteiger partial charge in [0.05, 0.1) is 6.54 Å². The highest BCUT2D eigenvalue weighted by Crippen LogP contribution is 2.47. The van der Waals surface area contributed by atoms with Gasteiger partial charge in [-0.05, 0) is 61.6 Å². The van der Waals surface area contributed by atoms with Gasteiger partial charge in [-0.1, -0.05) is 6.92 Å². The molecule has 2 amide bonds. The fraction of sp³-hybridized carbons (Fsp3) is 0.429. The van der Waals surface area contributed by atoms with Crippen LogP contribution in [0.5, 0.6) is 5.75 Å². The fourth-order valence-electron chi connectivity index (χ4n) is 3.33. The maximum absolute atomic E-state index is 13.0. The first-order chi connectivity index (χ1) is 13.0. The minimum Gasteiger partial charge on any atom is -0.484 e. The number of hydrogen-bond donors (Lipinski definition) is 1. The molecule has 0 saturated heterocycles. The quantitative estimate of drug-likeness (QED) is 0.776. The monoisotopic (exact) mass is 368 g/mol. The van der Waals surface area contributed by atoms with E-state index in [9.17, 15) is 9.59 Å². The minimum atomic E-state index is -0.534. The average Bonchev–Trinajstić information content (AvgIpc) is 3.58. The molecule has 27 heavy (non-hydrogen) atoms. The molecule has 0 radical (unpaired) electrons. The number of benzene rings is 1. The zero-order chi connectivity index (χ0) is 19.0. The van der Waals surface area contributed by atoms with Crippen molar-refractivity contribution >= 4 is 11.8 Å². The summed E-state index contributed by atoms with van der Waals surface area (Å²) in [5.41, 5.74) is 5.66. The third-order valence-corrected chi connectivity index (χ3v) is 5.21. The van der Waals surface area contributed by atoms with Crippen LogP contribution in [0.2, 0.25) is 0 Å². The van der Waals surface area contributed by atoms with E-state index in [4.69, 9.17) is 14.9 Å². The van der Waals surface area contributed by atoms with Crippen LogP contribution in [0.3, 0.4) is 0 Å². The van der Waals surface area contributed by atoms with E-state index in [1.165, 1.54) is 6.42 Å². The van der Waals surface area contributed by atoms with Crippen LogP contribution in [-0.4, -0.2) is 29.4 Å². The van der Waals surface area contributed by atoms with Crippen LogP contribution in [0.4, 0.5) is 0 Å². The molecule has 1 heterocycles. The first kappa shape index (κ1) is 17.6. The lowest BCUT2D eigenvalue weighted by atomic mass is 10.2. The molecule has 2 fully saturated rings. The third-order valence-electron chi connectivity index (χ3n) is 5.21. The normalized spacial score (nSPS) is 20.9. The molecule has 2 N–H and O–H groups in total. The number of rotatable bonds is 8. The molecule has 6 heteroatoms. The van der Waals surface area contributed by atoms with E-state index in [1.807, 2.05) is 17.0 Å². The van der Waals surface area contributed by atoms with Crippen LogP contribution in [0.15, 0.2) is 40.8 Å². The van der Waals surface area contributed by atoms with Gasteiger partial charge in [-0.3, -0.25) is 9.59 Å². The Bertz CT molecular complexity index is 838. The topological polar surface area (TPSA) is 85.8 Å². The molecule has 0 bridgehead atoms. The van der Waals surface area contributed by atoms with Gasteiger partial charge in [0, 0.05) is 17.5 Å². The lowest BCUT2D eigenvalue weighted by Gasteiger charge is -2.21. The third kappa shape index (κ3) is 4.15. The van der Waals surface area contributed by atoms with Crippen LogP contribution in [0, 0.1) is 5.92 Å². The highest BCUT2D eigenvalue weighted by Gasteiger charge is 2.37. The Morgan fingerprint density at radius 2 is 1.89 bits per heavy atom. The number of hydrogen-bond acceptors (Lipinski definition) is 4. The van der Waals surface area contributed by atoms with Crippen molar-refractivity contribution in [2.24, 2.45) is 11.7 Å². The highest BCUT2D eigenvalue weighted by atomic mass is 16.5. The van der Waals surface area contributed by atoms with Crippen LogP contribution in [0.1, 0.15) is 54.0 Å². The van der Waals surface area contributed by atoms with Crippen molar-refractivity contribution in [3.63, 3.8) is 0 Å². The Labute approximate surface area is 158 Å². The number of ether oxygens (including phenoxy) is 1. The smallest absolute Gasteiger partial charge is 0.255 e. The van der Waals surface area contributed by atoms with Crippen LogP contribution in [0.25, 0.3) is 0 Å². The molecule has 0 aliphatic heterocycles. The van der Waals surface area contributed by atoms with Crippen molar-refractivity contribution < 1.29 is 18.7 Å². The maximum Gasteiger partial charge on any atom is 0.255 e. The fourth-order valence-corrected chi connectivity index (χ4v) is 3.33. The van der Waals surface area contributed by atoms with E-state index >= 15 is 0 Å². The first-order valence-corrected chi connectivity index (χ1v) is 9.42. The number of carbonyl (C=O) groups is 2. The van der Waals surface area contributed by atoms with Gasteiger partial charge >= 0.3 is 0 Å². The second-order valence-electron chi connectivity index (χ2n) is 7.57. The summed E-state index contributed by atoms with van der Waals surface area (Å²) in [6, 6.07) is 11.1. The number of primary amides is 1. The largest absolute Gasteiger partial charge is 0.484 e. The molecule has 2 aromatic rings. The van der Waals surface area contributed by atoms with Crippen LogP contribution >= 0.6 is 0 Å². The van der Waals surface area contributed by atoms with Gasteiger partial charge < -0.3 is 19.8 Å². The molecule has 2 aliphatic carbocycles. The van der Waals surface area contributed by atoms with Gasteiger partial charge in [0.25, 0.3) is 11.8 Å². The molecular weight excluding hydrogens is 344 g/mol. The lowest BCUT2D eigenvalue weighted by molar-refractivity contribution is -0.119. The molecule has 0 spiro atoms. The Balaban J connectivity index is 1.43. The predicted octanol–water partition coefficient (Wildman–Crippen LogP) is 3.07. The van der Waals surface area contributed by atoms with Crippen molar-refractivity contribution in [1.82, 2.24) is 4.90 Å². The van der Waals surface area contributed by atoms with E-state index < -0.39 is 5.91 Å². The predicted molar refractivity (Wildman–Crippen MR) is 99.3 cm³/mol. The Hall–Kier alpha value is -2.76.